The van der Waals surface area contributed by atoms with Crippen LogP contribution in [0, 0.1) is 6.92 Å². The van der Waals surface area contributed by atoms with Gasteiger partial charge in [0.25, 0.3) is 5.91 Å². The molecule has 0 aliphatic heterocycles. The van der Waals surface area contributed by atoms with Gasteiger partial charge in [-0.15, -0.1) is 0 Å². The maximum atomic E-state index is 12.2. The van der Waals surface area contributed by atoms with Crippen molar-refractivity contribution in [3.05, 3.63) is 64.7 Å². The highest BCUT2D eigenvalue weighted by molar-refractivity contribution is 6.30. The van der Waals surface area contributed by atoms with Crippen molar-refractivity contribution in [1.82, 2.24) is 0 Å². The molecule has 0 unspecified atom stereocenters. The molecule has 0 spiro atoms. The Kier molecular flexibility index (Phi) is 5.82. The molecule has 0 aliphatic rings. The van der Waals surface area contributed by atoms with E-state index in [2.05, 4.69) is 0 Å². The molecule has 0 bridgehead atoms. The van der Waals surface area contributed by atoms with Crippen molar-refractivity contribution in [2.75, 3.05) is 0 Å². The summed E-state index contributed by atoms with van der Waals surface area (Å²) in [5.41, 5.74) is 6.64. The molecule has 0 fully saturated rings. The van der Waals surface area contributed by atoms with Crippen LogP contribution in [-0.2, 0) is 14.3 Å². The summed E-state index contributed by atoms with van der Waals surface area (Å²) in [4.78, 5) is 23.8. The third-order valence-electron chi connectivity index (χ3n) is 3.37. The van der Waals surface area contributed by atoms with Gasteiger partial charge in [0.1, 0.15) is 5.75 Å². The van der Waals surface area contributed by atoms with Gasteiger partial charge in [-0.1, -0.05) is 41.9 Å². The molecule has 1 amide bonds. The third kappa shape index (κ3) is 4.49. The van der Waals surface area contributed by atoms with E-state index < -0.39 is 24.1 Å². The number of carbonyl (C=O) groups is 2. The lowest BCUT2D eigenvalue weighted by Gasteiger charge is -2.19. The van der Waals surface area contributed by atoms with Gasteiger partial charge in [0.2, 0.25) is 6.10 Å². The van der Waals surface area contributed by atoms with E-state index in [1.54, 1.807) is 55.5 Å². The summed E-state index contributed by atoms with van der Waals surface area (Å²) >= 11 is 5.89. The molecule has 0 heterocycles. The Morgan fingerprint density at radius 1 is 1.12 bits per heavy atom. The molecule has 2 N–H and O–H groups in total. The van der Waals surface area contributed by atoms with Crippen molar-refractivity contribution in [2.24, 2.45) is 5.73 Å². The predicted molar refractivity (Wildman–Crippen MR) is 90.7 cm³/mol. The largest absolute Gasteiger partial charge is 0.479 e. The van der Waals surface area contributed by atoms with Gasteiger partial charge in [-0.2, -0.15) is 0 Å². The van der Waals surface area contributed by atoms with Crippen LogP contribution in [0.1, 0.15) is 24.2 Å². The minimum absolute atomic E-state index is 0.508. The van der Waals surface area contributed by atoms with Crippen molar-refractivity contribution in [2.45, 2.75) is 26.1 Å². The van der Waals surface area contributed by atoms with E-state index >= 15 is 0 Å². The van der Waals surface area contributed by atoms with Crippen LogP contribution in [0.2, 0.25) is 5.02 Å². The number of halogens is 1. The molecule has 126 valence electrons. The van der Waals surface area contributed by atoms with Crippen molar-refractivity contribution < 1.29 is 19.1 Å². The molecular formula is C18H18ClNO4. The first-order valence-electron chi connectivity index (χ1n) is 7.36. The van der Waals surface area contributed by atoms with Crippen LogP contribution in [0.3, 0.4) is 0 Å². The van der Waals surface area contributed by atoms with Crippen LogP contribution < -0.4 is 10.5 Å². The first-order valence-corrected chi connectivity index (χ1v) is 7.74. The minimum Gasteiger partial charge on any atom is -0.479 e. The molecule has 0 aliphatic carbocycles. The summed E-state index contributed by atoms with van der Waals surface area (Å²) in [6.45, 7) is 3.36. The van der Waals surface area contributed by atoms with Crippen molar-refractivity contribution in [1.29, 1.82) is 0 Å². The lowest BCUT2D eigenvalue weighted by molar-refractivity contribution is -0.161. The monoisotopic (exact) mass is 347 g/mol. The maximum Gasteiger partial charge on any atom is 0.348 e. The number of aryl methyl sites for hydroxylation is 1. The SMILES string of the molecule is Cc1cc(Cl)ccc1O[C@H](C)C(=O)O[C@@H](C(N)=O)c1ccccc1. The van der Waals surface area contributed by atoms with Gasteiger partial charge in [0.05, 0.1) is 0 Å². The number of nitrogens with two attached hydrogens (primary N) is 1. The number of benzene rings is 2. The summed E-state index contributed by atoms with van der Waals surface area (Å²) in [6, 6.07) is 13.6. The molecule has 0 aromatic heterocycles. The Bertz CT molecular complexity index is 733. The Labute approximate surface area is 145 Å². The number of carbonyl (C=O) groups excluding carboxylic acids is 2. The summed E-state index contributed by atoms with van der Waals surface area (Å²) in [7, 11) is 0. The van der Waals surface area contributed by atoms with Gasteiger partial charge in [0, 0.05) is 10.6 Å². The number of ether oxygens (including phenoxy) is 2. The van der Waals surface area contributed by atoms with E-state index in [0.29, 0.717) is 16.3 Å². The Balaban J connectivity index is 2.08. The van der Waals surface area contributed by atoms with Crippen LogP contribution in [0.15, 0.2) is 48.5 Å². The molecule has 2 atom stereocenters. The summed E-state index contributed by atoms with van der Waals surface area (Å²) in [5.74, 6) is -0.916. The van der Waals surface area contributed by atoms with Gasteiger partial charge in [-0.05, 0) is 37.6 Å². The fraction of sp³-hybridized carbons (Fsp3) is 0.222. The number of esters is 1. The normalized spacial score (nSPS) is 13.0. The van der Waals surface area contributed by atoms with Crippen LogP contribution in [-0.4, -0.2) is 18.0 Å². The minimum atomic E-state index is -1.16. The molecule has 2 aromatic rings. The second-order valence-electron chi connectivity index (χ2n) is 5.30. The Morgan fingerprint density at radius 3 is 2.38 bits per heavy atom. The lowest BCUT2D eigenvalue weighted by Crippen LogP contribution is -2.32. The van der Waals surface area contributed by atoms with E-state index in [4.69, 9.17) is 26.8 Å². The van der Waals surface area contributed by atoms with Crippen molar-refractivity contribution in [3.8, 4) is 5.75 Å². The second-order valence-corrected chi connectivity index (χ2v) is 5.74. The third-order valence-corrected chi connectivity index (χ3v) is 3.60. The standard InChI is InChI=1S/C18H18ClNO4/c1-11-10-14(19)8-9-15(11)23-12(2)18(22)24-16(17(20)21)13-6-4-3-5-7-13/h3-10,12,16H,1-2H3,(H2,20,21)/t12-,16-/m1/s1. The Hall–Kier alpha value is -2.53. The van der Waals surface area contributed by atoms with Crippen LogP contribution in [0.25, 0.3) is 0 Å². The highest BCUT2D eigenvalue weighted by Crippen LogP contribution is 2.24. The van der Waals surface area contributed by atoms with Gasteiger partial charge in [-0.3, -0.25) is 4.79 Å². The molecule has 2 rings (SSSR count). The Morgan fingerprint density at radius 2 is 1.79 bits per heavy atom. The zero-order valence-electron chi connectivity index (χ0n) is 13.4. The topological polar surface area (TPSA) is 78.6 Å². The smallest absolute Gasteiger partial charge is 0.348 e. The number of hydrogen-bond acceptors (Lipinski definition) is 4. The summed E-state index contributed by atoms with van der Waals surface area (Å²) in [6.07, 6.45) is -2.06. The molecule has 24 heavy (non-hydrogen) atoms. The molecule has 0 saturated carbocycles. The first kappa shape index (κ1) is 17.8. The first-order chi connectivity index (χ1) is 11.4. The number of amides is 1. The van der Waals surface area contributed by atoms with E-state index in [-0.39, 0.29) is 0 Å². The van der Waals surface area contributed by atoms with Crippen LogP contribution >= 0.6 is 11.6 Å². The lowest BCUT2D eigenvalue weighted by atomic mass is 10.1. The number of hydrogen-bond donors (Lipinski definition) is 1. The van der Waals surface area contributed by atoms with Gasteiger partial charge in [0.15, 0.2) is 6.10 Å². The van der Waals surface area contributed by atoms with E-state index in [9.17, 15) is 9.59 Å². The average Bonchev–Trinajstić information content (AvgIpc) is 2.55. The summed E-state index contributed by atoms with van der Waals surface area (Å²) < 4.78 is 10.8. The second kappa shape index (κ2) is 7.84. The van der Waals surface area contributed by atoms with E-state index in [0.717, 1.165) is 5.56 Å². The van der Waals surface area contributed by atoms with Crippen LogP contribution in [0.4, 0.5) is 0 Å². The highest BCUT2D eigenvalue weighted by Gasteiger charge is 2.26. The highest BCUT2D eigenvalue weighted by atomic mass is 35.5. The van der Waals surface area contributed by atoms with Gasteiger partial charge in [-0.25, -0.2) is 4.79 Å². The predicted octanol–water partition coefficient (Wildman–Crippen LogP) is 3.19. The fourth-order valence-electron chi connectivity index (χ4n) is 2.11. The zero-order chi connectivity index (χ0) is 17.7. The maximum absolute atomic E-state index is 12.2. The molecule has 0 radical (unpaired) electrons. The van der Waals surface area contributed by atoms with E-state index in [1.165, 1.54) is 0 Å². The average molecular weight is 348 g/mol. The molecule has 5 nitrogen and oxygen atoms in total. The molecular weight excluding hydrogens is 330 g/mol. The molecule has 0 saturated heterocycles. The van der Waals surface area contributed by atoms with Crippen molar-refractivity contribution in [3.63, 3.8) is 0 Å². The number of rotatable bonds is 6. The molecule has 2 aromatic carbocycles. The quantitative estimate of drug-likeness (QED) is 0.814. The van der Waals surface area contributed by atoms with Crippen molar-refractivity contribution >= 4 is 23.5 Å². The van der Waals surface area contributed by atoms with Gasteiger partial charge < -0.3 is 15.2 Å². The molecule has 6 heteroatoms. The zero-order valence-corrected chi connectivity index (χ0v) is 14.1. The van der Waals surface area contributed by atoms with E-state index in [1.807, 2.05) is 6.92 Å². The summed E-state index contributed by atoms with van der Waals surface area (Å²) in [5, 5.41) is 0.577. The fourth-order valence-corrected chi connectivity index (χ4v) is 2.34. The van der Waals surface area contributed by atoms with Gasteiger partial charge >= 0.3 is 5.97 Å². The number of primary amides is 1. The van der Waals surface area contributed by atoms with Crippen LogP contribution in [0.5, 0.6) is 5.75 Å².